The van der Waals surface area contributed by atoms with Gasteiger partial charge in [0, 0.05) is 30.6 Å². The van der Waals surface area contributed by atoms with Crippen LogP contribution in [-0.2, 0) is 10.0 Å². The Kier molecular flexibility index (Phi) is 6.58. The lowest BCUT2D eigenvalue weighted by Crippen LogP contribution is -2.30. The van der Waals surface area contributed by atoms with E-state index in [4.69, 9.17) is 0 Å². The van der Waals surface area contributed by atoms with Gasteiger partial charge >= 0.3 is 0 Å². The predicted molar refractivity (Wildman–Crippen MR) is 130 cm³/mol. The van der Waals surface area contributed by atoms with E-state index >= 15 is 4.39 Å². The number of sulfonamides is 1. The zero-order chi connectivity index (χ0) is 25.3. The summed E-state index contributed by atoms with van der Waals surface area (Å²) in [7, 11) is -2.46. The third-order valence-corrected chi connectivity index (χ3v) is 7.11. The number of nitrogens with zero attached hydrogens (tertiary/aromatic N) is 1. The van der Waals surface area contributed by atoms with Crippen LogP contribution in [0.5, 0.6) is 0 Å². The molecule has 0 amide bonds. The predicted octanol–water partition coefficient (Wildman–Crippen LogP) is 3.02. The van der Waals surface area contributed by atoms with E-state index in [2.05, 4.69) is 20.0 Å². The van der Waals surface area contributed by atoms with Crippen LogP contribution in [0.3, 0.4) is 0 Å². The van der Waals surface area contributed by atoms with Crippen molar-refractivity contribution >= 4 is 33.1 Å². The number of fused-ring (bicyclic) bond motifs is 1. The molecule has 4 rings (SSSR count). The van der Waals surface area contributed by atoms with E-state index in [0.29, 0.717) is 29.2 Å². The lowest BCUT2D eigenvalue weighted by atomic mass is 10.0. The standard InChI is InChI=1S/C25H24F2N4O3S/c1-14-11-16(6-7-17(14)15(2)12-28-3)35(33,34)31-21-9-8-20(26)22(23(21)27)24(32)19-13-30-25-18(19)5-4-10-29-25/h5-9,11-13,28,31H,4,10H2,1-3H3,(H,29,30)/b15-12+. The Bertz CT molecular complexity index is 1590. The van der Waals surface area contributed by atoms with Gasteiger partial charge in [0.2, 0.25) is 5.78 Å². The van der Waals surface area contributed by atoms with Crippen LogP contribution < -0.4 is 20.7 Å². The number of aromatic amines is 1. The highest BCUT2D eigenvalue weighted by atomic mass is 32.2. The summed E-state index contributed by atoms with van der Waals surface area (Å²) in [5.74, 6) is -3.29. The fourth-order valence-electron chi connectivity index (χ4n) is 4.05. The van der Waals surface area contributed by atoms with Gasteiger partial charge in [0.15, 0.2) is 5.82 Å². The van der Waals surface area contributed by atoms with E-state index in [1.807, 2.05) is 6.92 Å². The minimum Gasteiger partial charge on any atom is -0.394 e. The zero-order valence-electron chi connectivity index (χ0n) is 19.4. The molecule has 0 atom stereocenters. The van der Waals surface area contributed by atoms with Crippen molar-refractivity contribution in [2.75, 3.05) is 18.3 Å². The molecule has 1 aliphatic heterocycles. The molecule has 2 aromatic carbocycles. The summed E-state index contributed by atoms with van der Waals surface area (Å²) in [5, 5.41) is 3.40. The summed E-state index contributed by atoms with van der Waals surface area (Å²) in [6, 6.07) is 6.33. The van der Waals surface area contributed by atoms with Crippen LogP contribution in [0, 0.1) is 18.6 Å². The number of benzene rings is 2. The van der Waals surface area contributed by atoms with Crippen molar-refractivity contribution in [2.24, 2.45) is 4.99 Å². The number of rotatable bonds is 7. The van der Waals surface area contributed by atoms with Crippen molar-refractivity contribution in [3.63, 3.8) is 0 Å². The minimum absolute atomic E-state index is 0.0671. The molecule has 3 aromatic rings. The molecule has 7 nitrogen and oxygen atoms in total. The van der Waals surface area contributed by atoms with Gasteiger partial charge in [0.25, 0.3) is 10.0 Å². The highest BCUT2D eigenvalue weighted by Crippen LogP contribution is 2.27. The summed E-state index contributed by atoms with van der Waals surface area (Å²) in [6.07, 6.45) is 5.50. The molecule has 0 bridgehead atoms. The van der Waals surface area contributed by atoms with Gasteiger partial charge in [-0.15, -0.1) is 0 Å². The van der Waals surface area contributed by atoms with Gasteiger partial charge in [0.05, 0.1) is 16.1 Å². The molecule has 1 aliphatic rings. The van der Waals surface area contributed by atoms with E-state index in [0.717, 1.165) is 23.3 Å². The SMILES string of the molecule is CN/C=C(\C)c1ccc(S(=O)(=O)Nc2ccc(F)c(C(=O)c3c[nH]c4c3=CCCN=4)c2F)cc1C. The Morgan fingerprint density at radius 3 is 2.66 bits per heavy atom. The van der Waals surface area contributed by atoms with Crippen molar-refractivity contribution < 1.29 is 22.0 Å². The summed E-state index contributed by atoms with van der Waals surface area (Å²) in [5.41, 5.74) is 1.62. The normalized spacial score (nSPS) is 13.5. The van der Waals surface area contributed by atoms with Gasteiger partial charge in [-0.2, -0.15) is 0 Å². The second kappa shape index (κ2) is 9.46. The second-order valence-electron chi connectivity index (χ2n) is 8.15. The number of ketones is 1. The van der Waals surface area contributed by atoms with Crippen molar-refractivity contribution in [3.8, 4) is 0 Å². The van der Waals surface area contributed by atoms with Crippen LogP contribution >= 0.6 is 0 Å². The number of hydrogen-bond acceptors (Lipinski definition) is 5. The van der Waals surface area contributed by atoms with E-state index < -0.39 is 38.7 Å². The monoisotopic (exact) mass is 498 g/mol. The van der Waals surface area contributed by atoms with Crippen LogP contribution in [0.15, 0.2) is 52.6 Å². The Morgan fingerprint density at radius 1 is 1.17 bits per heavy atom. The average Bonchev–Trinajstić information content (AvgIpc) is 3.25. The van der Waals surface area contributed by atoms with Crippen LogP contribution in [0.2, 0.25) is 0 Å². The number of aryl methyl sites for hydroxylation is 1. The van der Waals surface area contributed by atoms with Crippen LogP contribution in [0.25, 0.3) is 11.6 Å². The highest BCUT2D eigenvalue weighted by Gasteiger charge is 2.26. The Balaban J connectivity index is 1.70. The minimum atomic E-state index is -4.22. The summed E-state index contributed by atoms with van der Waals surface area (Å²) in [4.78, 5) is 20.0. The first-order valence-electron chi connectivity index (χ1n) is 10.9. The molecule has 3 N–H and O–H groups in total. The number of halogens is 2. The summed E-state index contributed by atoms with van der Waals surface area (Å²) >= 11 is 0. The van der Waals surface area contributed by atoms with Crippen LogP contribution in [-0.4, -0.2) is 32.8 Å². The van der Waals surface area contributed by atoms with E-state index in [1.54, 1.807) is 32.3 Å². The third-order valence-electron chi connectivity index (χ3n) is 5.75. The Morgan fingerprint density at radius 2 is 1.94 bits per heavy atom. The topological polar surface area (TPSA) is 103 Å². The Labute approximate surface area is 201 Å². The van der Waals surface area contributed by atoms with Crippen LogP contribution in [0.4, 0.5) is 14.5 Å². The molecule has 0 saturated carbocycles. The summed E-state index contributed by atoms with van der Waals surface area (Å²) < 4.78 is 58.1. The summed E-state index contributed by atoms with van der Waals surface area (Å²) in [6.45, 7) is 4.19. The molecule has 2 heterocycles. The number of allylic oxidation sites excluding steroid dienone is 1. The largest absolute Gasteiger partial charge is 0.394 e. The number of carbonyl (C=O) groups is 1. The Hall–Kier alpha value is -3.79. The van der Waals surface area contributed by atoms with Crippen molar-refractivity contribution in [1.82, 2.24) is 10.3 Å². The number of anilines is 1. The number of aromatic nitrogens is 1. The van der Waals surface area contributed by atoms with Gasteiger partial charge in [0.1, 0.15) is 11.3 Å². The molecule has 0 saturated heterocycles. The number of carbonyl (C=O) groups excluding carboxylic acids is 1. The molecular formula is C25H24F2N4O3S. The molecule has 0 unspecified atom stereocenters. The van der Waals surface area contributed by atoms with E-state index in [-0.39, 0.29) is 10.5 Å². The zero-order valence-corrected chi connectivity index (χ0v) is 20.2. The van der Waals surface area contributed by atoms with Crippen molar-refractivity contribution in [1.29, 1.82) is 0 Å². The maximum atomic E-state index is 15.3. The number of H-pyrrole nitrogens is 1. The fraction of sp³-hybridized carbons (Fsp3) is 0.200. The molecular weight excluding hydrogens is 474 g/mol. The first-order chi connectivity index (χ1) is 16.6. The smallest absolute Gasteiger partial charge is 0.261 e. The lowest BCUT2D eigenvalue weighted by Gasteiger charge is -2.13. The molecule has 0 radical (unpaired) electrons. The number of nitrogens with one attached hydrogen (secondary N) is 3. The maximum Gasteiger partial charge on any atom is 0.261 e. The maximum absolute atomic E-state index is 15.3. The fourth-order valence-corrected chi connectivity index (χ4v) is 5.20. The van der Waals surface area contributed by atoms with Crippen molar-refractivity contribution in [3.05, 3.63) is 87.3 Å². The van der Waals surface area contributed by atoms with Gasteiger partial charge in [-0.3, -0.25) is 14.5 Å². The lowest BCUT2D eigenvalue weighted by molar-refractivity contribution is 0.103. The second-order valence-corrected chi connectivity index (χ2v) is 9.83. The molecule has 182 valence electrons. The average molecular weight is 499 g/mol. The quantitative estimate of drug-likeness (QED) is 0.436. The molecule has 1 aromatic heterocycles. The third kappa shape index (κ3) is 4.61. The molecule has 0 fully saturated rings. The van der Waals surface area contributed by atoms with E-state index in [1.165, 1.54) is 18.3 Å². The molecule has 10 heteroatoms. The van der Waals surface area contributed by atoms with Gasteiger partial charge in [-0.25, -0.2) is 17.2 Å². The molecule has 35 heavy (non-hydrogen) atoms. The first-order valence-corrected chi connectivity index (χ1v) is 12.3. The number of hydrogen-bond donors (Lipinski definition) is 3. The highest BCUT2D eigenvalue weighted by molar-refractivity contribution is 7.92. The van der Waals surface area contributed by atoms with Gasteiger partial charge in [-0.05, 0) is 67.4 Å². The van der Waals surface area contributed by atoms with E-state index in [9.17, 15) is 17.6 Å². The van der Waals surface area contributed by atoms with Crippen LogP contribution in [0.1, 0.15) is 40.4 Å². The molecule has 0 aliphatic carbocycles. The van der Waals surface area contributed by atoms with Crippen molar-refractivity contribution in [2.45, 2.75) is 25.2 Å². The van der Waals surface area contributed by atoms with Gasteiger partial charge < -0.3 is 10.3 Å². The molecule has 0 spiro atoms. The van der Waals surface area contributed by atoms with Gasteiger partial charge in [-0.1, -0.05) is 12.1 Å². The first kappa shape index (κ1) is 24.3.